The minimum atomic E-state index is -0.197. The number of aliphatic hydroxyl groups is 1. The zero-order chi connectivity index (χ0) is 17.4. The molecule has 24 heavy (non-hydrogen) atoms. The fourth-order valence-electron chi connectivity index (χ4n) is 2.13. The van der Waals surface area contributed by atoms with Crippen LogP contribution >= 0.6 is 0 Å². The number of ether oxygens (including phenoxy) is 1. The molecule has 2 rings (SSSR count). The summed E-state index contributed by atoms with van der Waals surface area (Å²) in [4.78, 5) is 24.1. The summed E-state index contributed by atoms with van der Waals surface area (Å²) >= 11 is 0. The smallest absolute Gasteiger partial charge is 0.251 e. The Kier molecular flexibility index (Phi) is 6.45. The number of benzene rings is 1. The van der Waals surface area contributed by atoms with E-state index in [-0.39, 0.29) is 24.8 Å². The molecule has 0 radical (unpaired) electrons. The van der Waals surface area contributed by atoms with Gasteiger partial charge in [-0.05, 0) is 30.7 Å². The lowest BCUT2D eigenvalue weighted by atomic mass is 10.1. The van der Waals surface area contributed by atoms with Crippen LogP contribution in [0, 0.1) is 0 Å². The van der Waals surface area contributed by atoms with Gasteiger partial charge in [0.05, 0.1) is 12.7 Å². The summed E-state index contributed by atoms with van der Waals surface area (Å²) in [5.41, 5.74) is 1.12. The zero-order valence-corrected chi connectivity index (χ0v) is 13.6. The van der Waals surface area contributed by atoms with E-state index in [9.17, 15) is 9.59 Å². The predicted molar refractivity (Wildman–Crippen MR) is 88.0 cm³/mol. The van der Waals surface area contributed by atoms with Crippen LogP contribution in [0.2, 0.25) is 0 Å². The third-order valence-corrected chi connectivity index (χ3v) is 3.51. The number of hydrogen-bond donors (Lipinski definition) is 2. The third-order valence-electron chi connectivity index (χ3n) is 3.51. The van der Waals surface area contributed by atoms with Crippen LogP contribution in [-0.2, 0) is 6.54 Å². The quantitative estimate of drug-likeness (QED) is 0.430. The summed E-state index contributed by atoms with van der Waals surface area (Å²) in [5.74, 6) is 0.482. The minimum Gasteiger partial charge on any atom is -0.497 e. The van der Waals surface area contributed by atoms with E-state index >= 15 is 0 Å². The molecular weight excluding hydrogens is 308 g/mol. The lowest BCUT2D eigenvalue weighted by molar-refractivity contribution is -0.683. The first kappa shape index (κ1) is 17.6. The van der Waals surface area contributed by atoms with Gasteiger partial charge in [0.2, 0.25) is 12.3 Å². The molecule has 0 unspecified atom stereocenters. The van der Waals surface area contributed by atoms with Crippen molar-refractivity contribution in [2.45, 2.75) is 13.0 Å². The van der Waals surface area contributed by atoms with Crippen LogP contribution in [0.25, 0.3) is 0 Å². The molecule has 6 heteroatoms. The van der Waals surface area contributed by atoms with E-state index in [1.807, 2.05) is 0 Å². The van der Waals surface area contributed by atoms with Crippen LogP contribution < -0.4 is 14.6 Å². The SMILES string of the molecule is COc1ccc(C(=O)C[n+]2ccc(C(=O)NCCCO)cc2)cc1. The molecule has 0 aliphatic heterocycles. The van der Waals surface area contributed by atoms with Crippen molar-refractivity contribution in [2.75, 3.05) is 20.3 Å². The molecule has 126 valence electrons. The fraction of sp³-hybridized carbons (Fsp3) is 0.278. The normalized spacial score (nSPS) is 10.2. The molecule has 0 aliphatic rings. The summed E-state index contributed by atoms with van der Waals surface area (Å²) in [6.45, 7) is 0.668. The largest absolute Gasteiger partial charge is 0.497 e. The van der Waals surface area contributed by atoms with Crippen LogP contribution in [0.3, 0.4) is 0 Å². The number of ketones is 1. The Morgan fingerprint density at radius 3 is 2.33 bits per heavy atom. The number of amides is 1. The molecule has 0 atom stereocenters. The first-order valence-electron chi connectivity index (χ1n) is 7.69. The Bertz CT molecular complexity index is 681. The average molecular weight is 329 g/mol. The molecule has 0 spiro atoms. The Morgan fingerprint density at radius 1 is 1.08 bits per heavy atom. The Hall–Kier alpha value is -2.73. The molecule has 0 fully saturated rings. The van der Waals surface area contributed by atoms with Gasteiger partial charge in [0.25, 0.3) is 5.91 Å². The van der Waals surface area contributed by atoms with Crippen LogP contribution in [-0.4, -0.2) is 37.1 Å². The molecule has 0 saturated carbocycles. The van der Waals surface area contributed by atoms with Crippen LogP contribution in [0.15, 0.2) is 48.8 Å². The lowest BCUT2D eigenvalue weighted by Gasteiger charge is -2.04. The second-order valence-corrected chi connectivity index (χ2v) is 5.24. The van der Waals surface area contributed by atoms with Gasteiger partial charge in [0.15, 0.2) is 12.4 Å². The molecule has 2 aromatic rings. The van der Waals surface area contributed by atoms with Crippen LogP contribution in [0.1, 0.15) is 27.1 Å². The third kappa shape index (κ3) is 4.89. The van der Waals surface area contributed by atoms with E-state index in [2.05, 4.69) is 5.32 Å². The second kappa shape index (κ2) is 8.79. The number of aromatic nitrogens is 1. The first-order chi connectivity index (χ1) is 11.6. The number of Topliss-reactive ketones (excluding diaryl/α,β-unsaturated/α-hetero) is 1. The van der Waals surface area contributed by atoms with Crippen molar-refractivity contribution in [3.05, 3.63) is 59.9 Å². The predicted octanol–water partition coefficient (Wildman–Crippen LogP) is 0.978. The van der Waals surface area contributed by atoms with Crippen molar-refractivity contribution in [1.82, 2.24) is 5.32 Å². The monoisotopic (exact) mass is 329 g/mol. The van der Waals surface area contributed by atoms with Gasteiger partial charge in [-0.2, -0.15) is 4.57 Å². The molecule has 1 heterocycles. The zero-order valence-electron chi connectivity index (χ0n) is 13.6. The van der Waals surface area contributed by atoms with Gasteiger partial charge >= 0.3 is 0 Å². The Morgan fingerprint density at radius 2 is 1.75 bits per heavy atom. The van der Waals surface area contributed by atoms with E-state index < -0.39 is 0 Å². The standard InChI is InChI=1S/C18H20N2O4/c1-24-16-5-3-14(4-6-16)17(22)13-20-10-7-15(8-11-20)18(23)19-9-2-12-21/h3-8,10-11,21H,2,9,12-13H2,1H3/p+1. The van der Waals surface area contributed by atoms with Crippen molar-refractivity contribution in [2.24, 2.45) is 0 Å². The number of rotatable bonds is 8. The molecule has 1 aromatic carbocycles. The summed E-state index contributed by atoms with van der Waals surface area (Å²) in [5, 5.41) is 11.4. The molecule has 6 nitrogen and oxygen atoms in total. The number of pyridine rings is 1. The first-order valence-corrected chi connectivity index (χ1v) is 7.69. The van der Waals surface area contributed by atoms with Gasteiger partial charge < -0.3 is 15.2 Å². The van der Waals surface area contributed by atoms with E-state index in [0.717, 1.165) is 0 Å². The molecule has 2 N–H and O–H groups in total. The fourth-order valence-corrected chi connectivity index (χ4v) is 2.13. The maximum Gasteiger partial charge on any atom is 0.251 e. The number of carbonyl (C=O) groups is 2. The highest BCUT2D eigenvalue weighted by molar-refractivity contribution is 5.95. The molecule has 0 aliphatic carbocycles. The highest BCUT2D eigenvalue weighted by Gasteiger charge is 2.13. The van der Waals surface area contributed by atoms with Gasteiger partial charge in [-0.1, -0.05) is 0 Å². The number of hydrogen-bond acceptors (Lipinski definition) is 4. The summed E-state index contributed by atoms with van der Waals surface area (Å²) in [7, 11) is 1.58. The minimum absolute atomic E-state index is 0.0252. The topological polar surface area (TPSA) is 79.5 Å². The van der Waals surface area contributed by atoms with Gasteiger partial charge in [-0.15, -0.1) is 0 Å². The number of nitrogens with one attached hydrogen (secondary N) is 1. The number of nitrogens with zero attached hydrogens (tertiary/aromatic N) is 1. The molecule has 0 bridgehead atoms. The van der Waals surface area contributed by atoms with Crippen molar-refractivity contribution >= 4 is 11.7 Å². The molecule has 1 amide bonds. The van der Waals surface area contributed by atoms with E-state index in [1.165, 1.54) is 0 Å². The van der Waals surface area contributed by atoms with Gasteiger partial charge in [0, 0.05) is 30.8 Å². The van der Waals surface area contributed by atoms with E-state index in [4.69, 9.17) is 9.84 Å². The summed E-state index contributed by atoms with van der Waals surface area (Å²) in [6.07, 6.45) is 3.92. The van der Waals surface area contributed by atoms with Crippen molar-refractivity contribution in [3.63, 3.8) is 0 Å². The average Bonchev–Trinajstić information content (AvgIpc) is 2.62. The highest BCUT2D eigenvalue weighted by Crippen LogP contribution is 2.11. The summed E-state index contributed by atoms with van der Waals surface area (Å²) in [6, 6.07) is 10.3. The van der Waals surface area contributed by atoms with E-state index in [1.54, 1.807) is 60.5 Å². The lowest BCUT2D eigenvalue weighted by Crippen LogP contribution is -2.37. The van der Waals surface area contributed by atoms with Crippen molar-refractivity contribution < 1.29 is 24.0 Å². The van der Waals surface area contributed by atoms with Gasteiger partial charge in [0.1, 0.15) is 5.75 Å². The molecule has 0 saturated heterocycles. The maximum atomic E-state index is 12.2. The van der Waals surface area contributed by atoms with Crippen LogP contribution in [0.5, 0.6) is 5.75 Å². The van der Waals surface area contributed by atoms with Crippen molar-refractivity contribution in [3.8, 4) is 5.75 Å². The number of carbonyl (C=O) groups excluding carboxylic acids is 2. The maximum absolute atomic E-state index is 12.2. The van der Waals surface area contributed by atoms with Gasteiger partial charge in [-0.25, -0.2) is 0 Å². The second-order valence-electron chi connectivity index (χ2n) is 5.24. The van der Waals surface area contributed by atoms with Crippen LogP contribution in [0.4, 0.5) is 0 Å². The summed E-state index contributed by atoms with van der Waals surface area (Å²) < 4.78 is 6.79. The number of aliphatic hydroxyl groups excluding tert-OH is 1. The Balaban J connectivity index is 1.95. The Labute approximate surface area is 140 Å². The van der Waals surface area contributed by atoms with E-state index in [0.29, 0.717) is 29.8 Å². The van der Waals surface area contributed by atoms with Crippen molar-refractivity contribution in [1.29, 1.82) is 0 Å². The molecule has 1 aromatic heterocycles. The van der Waals surface area contributed by atoms with Gasteiger partial charge in [-0.3, -0.25) is 9.59 Å². The molecular formula is C18H21N2O4+. The number of methoxy groups -OCH3 is 1. The highest BCUT2D eigenvalue weighted by atomic mass is 16.5.